The minimum absolute atomic E-state index is 0.129. The smallest absolute Gasteiger partial charge is 0.306 e. The monoisotopic (exact) mass is 777 g/mol. The highest BCUT2D eigenvalue weighted by atomic mass is 16.6. The van der Waals surface area contributed by atoms with Gasteiger partial charge >= 0.3 is 17.9 Å². The summed E-state index contributed by atoms with van der Waals surface area (Å²) in [5.41, 5.74) is 0. The first-order chi connectivity index (χ1) is 27.5. The molecule has 0 heterocycles. The van der Waals surface area contributed by atoms with Gasteiger partial charge in [-0.3, -0.25) is 14.4 Å². The molecular weight excluding hydrogens is 697 g/mol. The van der Waals surface area contributed by atoms with Gasteiger partial charge in [-0.2, -0.15) is 0 Å². The highest BCUT2D eigenvalue weighted by Gasteiger charge is 2.19. The number of allylic oxidation sites excluding steroid dienone is 16. The van der Waals surface area contributed by atoms with Crippen LogP contribution in [0.2, 0.25) is 0 Å². The Morgan fingerprint density at radius 2 is 0.732 bits per heavy atom. The van der Waals surface area contributed by atoms with Gasteiger partial charge in [-0.25, -0.2) is 0 Å². The van der Waals surface area contributed by atoms with Crippen molar-refractivity contribution in [2.75, 3.05) is 13.2 Å². The maximum absolute atomic E-state index is 12.7. The molecule has 0 aromatic rings. The van der Waals surface area contributed by atoms with Gasteiger partial charge in [-0.1, -0.05) is 157 Å². The predicted molar refractivity (Wildman–Crippen MR) is 237 cm³/mol. The van der Waals surface area contributed by atoms with E-state index in [1.807, 2.05) is 6.08 Å². The molecule has 0 saturated carbocycles. The molecule has 0 saturated heterocycles. The number of rotatable bonds is 38. The zero-order valence-electron chi connectivity index (χ0n) is 35.9. The molecule has 56 heavy (non-hydrogen) atoms. The molecule has 6 heteroatoms. The van der Waals surface area contributed by atoms with Crippen molar-refractivity contribution >= 4 is 17.9 Å². The van der Waals surface area contributed by atoms with Gasteiger partial charge in [0, 0.05) is 19.3 Å². The first kappa shape index (κ1) is 52.3. The van der Waals surface area contributed by atoms with Crippen LogP contribution in [0.4, 0.5) is 0 Å². The average Bonchev–Trinajstić information content (AvgIpc) is 3.19. The molecule has 0 aliphatic rings. The third kappa shape index (κ3) is 41.5. The molecule has 1 unspecified atom stereocenters. The van der Waals surface area contributed by atoms with E-state index in [1.54, 1.807) is 0 Å². The van der Waals surface area contributed by atoms with Crippen LogP contribution in [0.1, 0.15) is 181 Å². The van der Waals surface area contributed by atoms with Crippen LogP contribution in [0, 0.1) is 0 Å². The third-order valence-electron chi connectivity index (χ3n) is 8.82. The fourth-order valence-corrected chi connectivity index (χ4v) is 5.52. The third-order valence-corrected chi connectivity index (χ3v) is 8.82. The Kier molecular flexibility index (Phi) is 41.2. The van der Waals surface area contributed by atoms with E-state index in [0.717, 1.165) is 96.3 Å². The van der Waals surface area contributed by atoms with Crippen LogP contribution in [-0.4, -0.2) is 37.2 Å². The number of hydrogen-bond acceptors (Lipinski definition) is 6. The number of carbonyl (C=O) groups is 3. The van der Waals surface area contributed by atoms with E-state index >= 15 is 0 Å². The van der Waals surface area contributed by atoms with E-state index in [9.17, 15) is 14.4 Å². The van der Waals surface area contributed by atoms with Crippen molar-refractivity contribution in [1.29, 1.82) is 0 Å². The Labute approximate surface area is 343 Å². The fourth-order valence-electron chi connectivity index (χ4n) is 5.52. The SMILES string of the molecule is CC/C=C\C/C=C\C/C=C\C/C=C\CCCCCC(=O)OCC(COC(=O)CCCC/C=C\C/C=C\CC)OC(=O)CC/C=C\C/C=C\CCCCCCCC. The standard InChI is InChI=1S/C50H80O6/c1-4-7-10-13-16-19-21-23-24-25-27-28-31-34-37-40-43-49(52)55-46-47(45-54-48(51)42-39-36-33-30-18-15-12-9-6-3)56-50(53)44-41-38-35-32-29-26-22-20-17-14-11-8-5-2/h7,9-10,12,16,18-19,23-24,26-30,35,38,47H,4-6,8,11,13-15,17,20-22,25,31-34,36-37,39-46H2,1-3H3/b10-7-,12-9-,19-16-,24-23-,28-27-,29-26-,30-18-,38-35-. The quantitative estimate of drug-likeness (QED) is 0.0269. The van der Waals surface area contributed by atoms with E-state index in [2.05, 4.69) is 112 Å². The molecule has 1 atom stereocenters. The van der Waals surface area contributed by atoms with E-state index < -0.39 is 12.1 Å². The van der Waals surface area contributed by atoms with E-state index in [0.29, 0.717) is 19.3 Å². The molecule has 0 rings (SSSR count). The van der Waals surface area contributed by atoms with Gasteiger partial charge in [0.1, 0.15) is 13.2 Å². The van der Waals surface area contributed by atoms with Gasteiger partial charge in [0.2, 0.25) is 0 Å². The van der Waals surface area contributed by atoms with Crippen LogP contribution in [0.5, 0.6) is 0 Å². The lowest BCUT2D eigenvalue weighted by Crippen LogP contribution is -2.30. The van der Waals surface area contributed by atoms with Crippen LogP contribution in [0.25, 0.3) is 0 Å². The number of ether oxygens (including phenoxy) is 3. The Morgan fingerprint density at radius 3 is 1.20 bits per heavy atom. The number of unbranched alkanes of at least 4 members (excludes halogenated alkanes) is 11. The normalized spacial score (nSPS) is 13.0. The van der Waals surface area contributed by atoms with E-state index in [4.69, 9.17) is 14.2 Å². The van der Waals surface area contributed by atoms with Crippen molar-refractivity contribution in [3.63, 3.8) is 0 Å². The molecule has 0 aromatic carbocycles. The van der Waals surface area contributed by atoms with Crippen LogP contribution in [0.15, 0.2) is 97.2 Å². The van der Waals surface area contributed by atoms with Crippen LogP contribution in [0.3, 0.4) is 0 Å². The van der Waals surface area contributed by atoms with Gasteiger partial charge in [0.05, 0.1) is 0 Å². The zero-order valence-corrected chi connectivity index (χ0v) is 35.9. The number of carbonyl (C=O) groups excluding carboxylic acids is 3. The van der Waals surface area contributed by atoms with Gasteiger partial charge < -0.3 is 14.2 Å². The molecule has 0 bridgehead atoms. The first-order valence-electron chi connectivity index (χ1n) is 22.2. The first-order valence-corrected chi connectivity index (χ1v) is 22.2. The maximum atomic E-state index is 12.7. The minimum atomic E-state index is -0.832. The summed E-state index contributed by atoms with van der Waals surface area (Å²) < 4.78 is 16.5. The van der Waals surface area contributed by atoms with Crippen molar-refractivity contribution in [1.82, 2.24) is 0 Å². The number of esters is 3. The van der Waals surface area contributed by atoms with Crippen LogP contribution < -0.4 is 0 Å². The van der Waals surface area contributed by atoms with Gasteiger partial charge in [0.25, 0.3) is 0 Å². The van der Waals surface area contributed by atoms with Gasteiger partial charge in [-0.05, 0) is 103 Å². The molecule has 0 amide bonds. The summed E-state index contributed by atoms with van der Waals surface area (Å²) in [6.07, 6.45) is 57.0. The Hall–Kier alpha value is -3.67. The van der Waals surface area contributed by atoms with Crippen molar-refractivity contribution < 1.29 is 28.6 Å². The molecular formula is C50H80O6. The molecule has 0 radical (unpaired) electrons. The second-order valence-corrected chi connectivity index (χ2v) is 14.2. The Bertz CT molecular complexity index is 1170. The zero-order chi connectivity index (χ0) is 40.8. The summed E-state index contributed by atoms with van der Waals surface area (Å²) in [4.78, 5) is 37.6. The summed E-state index contributed by atoms with van der Waals surface area (Å²) in [7, 11) is 0. The molecule has 0 aromatic heterocycles. The lowest BCUT2D eigenvalue weighted by atomic mass is 10.1. The maximum Gasteiger partial charge on any atom is 0.306 e. The second-order valence-electron chi connectivity index (χ2n) is 14.2. The van der Waals surface area contributed by atoms with E-state index in [-0.39, 0.29) is 31.6 Å². The summed E-state index contributed by atoms with van der Waals surface area (Å²) in [6, 6.07) is 0. The molecule has 0 fully saturated rings. The van der Waals surface area contributed by atoms with E-state index in [1.165, 1.54) is 38.5 Å². The van der Waals surface area contributed by atoms with Crippen LogP contribution >= 0.6 is 0 Å². The van der Waals surface area contributed by atoms with Gasteiger partial charge in [0.15, 0.2) is 6.10 Å². The molecule has 6 nitrogen and oxygen atoms in total. The summed E-state index contributed by atoms with van der Waals surface area (Å²) in [5, 5.41) is 0. The van der Waals surface area contributed by atoms with Crippen molar-refractivity contribution in [3.05, 3.63) is 97.2 Å². The molecule has 0 spiro atoms. The van der Waals surface area contributed by atoms with Crippen LogP contribution in [-0.2, 0) is 28.6 Å². The van der Waals surface area contributed by atoms with Crippen molar-refractivity contribution in [2.24, 2.45) is 0 Å². The lowest BCUT2D eigenvalue weighted by Gasteiger charge is -2.18. The highest BCUT2D eigenvalue weighted by Crippen LogP contribution is 2.10. The largest absolute Gasteiger partial charge is 0.462 e. The molecule has 0 aliphatic heterocycles. The Morgan fingerprint density at radius 1 is 0.375 bits per heavy atom. The Balaban J connectivity index is 4.53. The van der Waals surface area contributed by atoms with Crippen molar-refractivity contribution in [2.45, 2.75) is 187 Å². The molecule has 0 N–H and O–H groups in total. The fraction of sp³-hybridized carbons (Fsp3) is 0.620. The van der Waals surface area contributed by atoms with Gasteiger partial charge in [-0.15, -0.1) is 0 Å². The summed E-state index contributed by atoms with van der Waals surface area (Å²) in [5.74, 6) is -1.08. The molecule has 0 aliphatic carbocycles. The summed E-state index contributed by atoms with van der Waals surface area (Å²) >= 11 is 0. The predicted octanol–water partition coefficient (Wildman–Crippen LogP) is 14.2. The summed E-state index contributed by atoms with van der Waals surface area (Å²) in [6.45, 7) is 6.24. The highest BCUT2D eigenvalue weighted by molar-refractivity contribution is 5.71. The second kappa shape index (κ2) is 44.0. The number of hydrogen-bond donors (Lipinski definition) is 0. The lowest BCUT2D eigenvalue weighted by molar-refractivity contribution is -0.166. The minimum Gasteiger partial charge on any atom is -0.462 e. The molecule has 316 valence electrons. The van der Waals surface area contributed by atoms with Crippen molar-refractivity contribution in [3.8, 4) is 0 Å². The topological polar surface area (TPSA) is 78.9 Å². The average molecular weight is 777 g/mol.